The number of ether oxygens (including phenoxy) is 1. The quantitative estimate of drug-likeness (QED) is 0.787. The van der Waals surface area contributed by atoms with Crippen LogP contribution in [0.15, 0.2) is 18.2 Å². The zero-order chi connectivity index (χ0) is 17.8. The highest BCUT2D eigenvalue weighted by Gasteiger charge is 2.37. The second kappa shape index (κ2) is 9.47. The van der Waals surface area contributed by atoms with E-state index in [0.717, 1.165) is 13.0 Å². The molecule has 6 heteroatoms. The highest BCUT2D eigenvalue weighted by molar-refractivity contribution is 5.90. The highest BCUT2D eigenvalue weighted by Crippen LogP contribution is 2.36. The number of carbonyl (C=O) groups is 2. The average Bonchev–Trinajstić information content (AvgIpc) is 3.12. The lowest BCUT2D eigenvalue weighted by Gasteiger charge is -2.30. The van der Waals surface area contributed by atoms with Gasteiger partial charge in [-0.3, -0.25) is 4.79 Å². The maximum atomic E-state index is 14.1. The minimum absolute atomic E-state index is 0. The van der Waals surface area contributed by atoms with Crippen LogP contribution in [0, 0.1) is 17.7 Å². The third-order valence-corrected chi connectivity index (χ3v) is 5.69. The third kappa shape index (κ3) is 4.63. The topological polar surface area (TPSA) is 55.4 Å². The number of ketones is 1. The first-order valence-corrected chi connectivity index (χ1v) is 9.23. The van der Waals surface area contributed by atoms with Crippen LogP contribution in [0.4, 0.5) is 4.39 Å². The Balaban J connectivity index is 0.00000243. The van der Waals surface area contributed by atoms with E-state index in [-0.39, 0.29) is 36.2 Å². The summed E-state index contributed by atoms with van der Waals surface area (Å²) in [6.45, 7) is 0.882. The highest BCUT2D eigenvalue weighted by atomic mass is 35.5. The first-order valence-electron chi connectivity index (χ1n) is 9.23. The van der Waals surface area contributed by atoms with Crippen molar-refractivity contribution in [2.75, 3.05) is 13.7 Å². The number of methoxy groups -OCH3 is 1. The number of Topliss-reactive ketones (excluding diaryl/α,β-unsaturated/α-hetero) is 1. The molecule has 1 aliphatic heterocycles. The molecule has 0 unspecified atom stereocenters. The van der Waals surface area contributed by atoms with Crippen LogP contribution in [0.2, 0.25) is 0 Å². The first-order chi connectivity index (χ1) is 12.1. The van der Waals surface area contributed by atoms with E-state index in [2.05, 4.69) is 10.1 Å². The summed E-state index contributed by atoms with van der Waals surface area (Å²) in [4.78, 5) is 24.2. The summed E-state index contributed by atoms with van der Waals surface area (Å²) in [6, 6.07) is 4.18. The van der Waals surface area contributed by atoms with Crippen LogP contribution in [0.1, 0.15) is 54.4 Å². The van der Waals surface area contributed by atoms with Crippen LogP contribution in [-0.2, 0) is 16.0 Å². The summed E-state index contributed by atoms with van der Waals surface area (Å²) in [7, 11) is 1.22. The van der Waals surface area contributed by atoms with E-state index in [9.17, 15) is 14.0 Å². The van der Waals surface area contributed by atoms with Crippen molar-refractivity contribution in [1.82, 2.24) is 5.32 Å². The molecule has 26 heavy (non-hydrogen) atoms. The Hall–Kier alpha value is -1.46. The third-order valence-electron chi connectivity index (χ3n) is 5.69. The second-order valence-electron chi connectivity index (χ2n) is 7.23. The van der Waals surface area contributed by atoms with Crippen molar-refractivity contribution in [3.05, 3.63) is 35.1 Å². The zero-order valence-corrected chi connectivity index (χ0v) is 15.9. The predicted octanol–water partition coefficient (Wildman–Crippen LogP) is 3.70. The molecule has 0 amide bonds. The fraction of sp³-hybridized carbons (Fsp3) is 0.600. The Morgan fingerprint density at radius 3 is 2.58 bits per heavy atom. The predicted molar refractivity (Wildman–Crippen MR) is 100 cm³/mol. The fourth-order valence-electron chi connectivity index (χ4n) is 4.40. The summed E-state index contributed by atoms with van der Waals surface area (Å²) in [5.41, 5.74) is 0.504. The van der Waals surface area contributed by atoms with Crippen LogP contribution >= 0.6 is 12.4 Å². The van der Waals surface area contributed by atoms with Gasteiger partial charge in [-0.05, 0) is 42.5 Å². The summed E-state index contributed by atoms with van der Waals surface area (Å²) >= 11 is 0. The van der Waals surface area contributed by atoms with Gasteiger partial charge in [-0.2, -0.15) is 0 Å². The summed E-state index contributed by atoms with van der Waals surface area (Å²) in [5, 5.41) is 3.36. The Morgan fingerprint density at radius 2 is 1.92 bits per heavy atom. The second-order valence-corrected chi connectivity index (χ2v) is 7.23. The molecule has 2 atom stereocenters. The van der Waals surface area contributed by atoms with Gasteiger partial charge in [0.05, 0.1) is 18.7 Å². The molecule has 3 rings (SSSR count). The maximum absolute atomic E-state index is 14.1. The van der Waals surface area contributed by atoms with Gasteiger partial charge >= 0.3 is 5.97 Å². The monoisotopic (exact) mass is 383 g/mol. The Bertz CT molecular complexity index is 646. The summed E-state index contributed by atoms with van der Waals surface area (Å²) < 4.78 is 18.6. The standard InChI is InChI=1S/C20H26FNO3.ClH/c1-25-20(24)16-8-7-13(11-17(16)21)12-18(23)19-15(9-10-22-19)14-5-3-2-4-6-14;/h7-8,11,14-15,19,22H,2-6,9-10,12H2,1H3;1H/t15-,19-;/m0./s1. The number of esters is 1. The minimum Gasteiger partial charge on any atom is -0.465 e. The van der Waals surface area contributed by atoms with Gasteiger partial charge in [0.2, 0.25) is 0 Å². The molecule has 1 aliphatic carbocycles. The molecule has 1 aromatic carbocycles. The van der Waals surface area contributed by atoms with Crippen molar-refractivity contribution in [3.8, 4) is 0 Å². The maximum Gasteiger partial charge on any atom is 0.340 e. The molecule has 0 bridgehead atoms. The zero-order valence-electron chi connectivity index (χ0n) is 15.1. The van der Waals surface area contributed by atoms with Crippen molar-refractivity contribution in [2.45, 2.75) is 51.0 Å². The number of rotatable bonds is 5. The van der Waals surface area contributed by atoms with Crippen LogP contribution in [-0.4, -0.2) is 31.4 Å². The molecule has 0 aromatic heterocycles. The lowest BCUT2D eigenvalue weighted by atomic mass is 9.75. The number of halogens is 2. The van der Waals surface area contributed by atoms with Gasteiger partial charge in [0.25, 0.3) is 0 Å². The van der Waals surface area contributed by atoms with Crippen molar-refractivity contribution in [1.29, 1.82) is 0 Å². The van der Waals surface area contributed by atoms with Gasteiger partial charge in [0.1, 0.15) is 5.82 Å². The van der Waals surface area contributed by atoms with Crippen molar-refractivity contribution in [3.63, 3.8) is 0 Å². The molecule has 0 radical (unpaired) electrons. The van der Waals surface area contributed by atoms with Crippen molar-refractivity contribution in [2.24, 2.45) is 11.8 Å². The number of hydrogen-bond acceptors (Lipinski definition) is 4. The van der Waals surface area contributed by atoms with E-state index in [1.807, 2.05) is 0 Å². The van der Waals surface area contributed by atoms with E-state index in [1.165, 1.54) is 51.3 Å². The van der Waals surface area contributed by atoms with Gasteiger partial charge in [-0.15, -0.1) is 12.4 Å². The lowest BCUT2D eigenvalue weighted by molar-refractivity contribution is -0.121. The van der Waals surface area contributed by atoms with Gasteiger partial charge < -0.3 is 10.1 Å². The Morgan fingerprint density at radius 1 is 1.19 bits per heavy atom. The molecular formula is C20H27ClFNO3. The summed E-state index contributed by atoms with van der Waals surface area (Å²) in [6.07, 6.45) is 7.53. The van der Waals surface area contributed by atoms with Crippen LogP contribution in [0.25, 0.3) is 0 Å². The molecule has 1 aromatic rings. The van der Waals surface area contributed by atoms with E-state index in [0.29, 0.717) is 17.4 Å². The molecule has 1 saturated heterocycles. The van der Waals surface area contributed by atoms with Crippen LogP contribution in [0.5, 0.6) is 0 Å². The molecule has 144 valence electrons. The minimum atomic E-state index is -0.704. The number of nitrogens with one attached hydrogen (secondary N) is 1. The largest absolute Gasteiger partial charge is 0.465 e. The van der Waals surface area contributed by atoms with Gasteiger partial charge in [0, 0.05) is 6.42 Å². The number of hydrogen-bond donors (Lipinski definition) is 1. The molecule has 1 saturated carbocycles. The van der Waals surface area contributed by atoms with Gasteiger partial charge in [0.15, 0.2) is 5.78 Å². The average molecular weight is 384 g/mol. The fourth-order valence-corrected chi connectivity index (χ4v) is 4.40. The molecule has 0 spiro atoms. The van der Waals surface area contributed by atoms with Gasteiger partial charge in [-0.25, -0.2) is 9.18 Å². The van der Waals surface area contributed by atoms with Crippen LogP contribution in [0.3, 0.4) is 0 Å². The smallest absolute Gasteiger partial charge is 0.340 e. The van der Waals surface area contributed by atoms with E-state index >= 15 is 0 Å². The normalized spacial score (nSPS) is 23.3. The first kappa shape index (κ1) is 20.8. The van der Waals surface area contributed by atoms with E-state index in [1.54, 1.807) is 6.07 Å². The molecular weight excluding hydrogens is 357 g/mol. The molecule has 2 aliphatic rings. The lowest BCUT2D eigenvalue weighted by Crippen LogP contribution is -2.40. The number of benzene rings is 1. The Labute approximate surface area is 160 Å². The molecule has 4 nitrogen and oxygen atoms in total. The Kier molecular flexibility index (Phi) is 7.59. The van der Waals surface area contributed by atoms with Crippen molar-refractivity contribution >= 4 is 24.2 Å². The number of carbonyl (C=O) groups excluding carboxylic acids is 2. The SMILES string of the molecule is COC(=O)c1ccc(CC(=O)[C@H]2NCC[C@H]2C2CCCCC2)cc1F.Cl. The molecule has 1 heterocycles. The molecule has 1 N–H and O–H groups in total. The van der Waals surface area contributed by atoms with Gasteiger partial charge in [-0.1, -0.05) is 38.2 Å². The van der Waals surface area contributed by atoms with E-state index in [4.69, 9.17) is 0 Å². The van der Waals surface area contributed by atoms with Crippen molar-refractivity contribution < 1.29 is 18.7 Å². The van der Waals surface area contributed by atoms with E-state index < -0.39 is 11.8 Å². The molecule has 2 fully saturated rings. The van der Waals surface area contributed by atoms with Crippen LogP contribution < -0.4 is 5.32 Å². The summed E-state index contributed by atoms with van der Waals surface area (Å²) in [5.74, 6) is -0.174.